The molecule has 0 radical (unpaired) electrons. The van der Waals surface area contributed by atoms with Gasteiger partial charge in [-0.2, -0.15) is 0 Å². The Hall–Kier alpha value is -1.13. The number of hydrogen-bond acceptors (Lipinski definition) is 2. The number of hydrogen-bond donors (Lipinski definition) is 0. The number of rotatable bonds is 6. The average molecular weight is 285 g/mol. The molecule has 3 nitrogen and oxygen atoms in total. The van der Waals surface area contributed by atoms with Crippen LogP contribution in [0.3, 0.4) is 0 Å². The molecule has 104 valence electrons. The van der Waals surface area contributed by atoms with Crippen LogP contribution in [-0.2, 0) is 17.7 Å². The van der Waals surface area contributed by atoms with Crippen molar-refractivity contribution in [2.45, 2.75) is 32.9 Å². The van der Waals surface area contributed by atoms with Crippen molar-refractivity contribution < 1.29 is 9.13 Å². The van der Waals surface area contributed by atoms with Crippen LogP contribution in [0.4, 0.5) is 4.39 Å². The van der Waals surface area contributed by atoms with Crippen molar-refractivity contribution in [1.82, 2.24) is 9.55 Å². The van der Waals surface area contributed by atoms with E-state index in [1.807, 2.05) is 13.8 Å². The molecule has 1 heterocycles. The SMILES string of the molecule is CC(C)OCCn1c(CCCl)nc2cc(F)ccc21. The van der Waals surface area contributed by atoms with Crippen LogP contribution < -0.4 is 0 Å². The zero-order valence-corrected chi connectivity index (χ0v) is 12.0. The summed E-state index contributed by atoms with van der Waals surface area (Å²) in [7, 11) is 0. The van der Waals surface area contributed by atoms with E-state index in [9.17, 15) is 4.39 Å². The van der Waals surface area contributed by atoms with Gasteiger partial charge in [0.15, 0.2) is 0 Å². The van der Waals surface area contributed by atoms with E-state index in [2.05, 4.69) is 9.55 Å². The van der Waals surface area contributed by atoms with Gasteiger partial charge >= 0.3 is 0 Å². The topological polar surface area (TPSA) is 27.1 Å². The number of alkyl halides is 1. The summed E-state index contributed by atoms with van der Waals surface area (Å²) in [4.78, 5) is 4.44. The second-order valence-corrected chi connectivity index (χ2v) is 5.05. The number of benzene rings is 1. The van der Waals surface area contributed by atoms with Crippen molar-refractivity contribution in [2.75, 3.05) is 12.5 Å². The highest BCUT2D eigenvalue weighted by molar-refractivity contribution is 6.17. The Balaban J connectivity index is 2.29. The van der Waals surface area contributed by atoms with E-state index in [0.29, 0.717) is 31.0 Å². The molecule has 0 aliphatic heterocycles. The molecule has 0 aliphatic rings. The van der Waals surface area contributed by atoms with E-state index >= 15 is 0 Å². The Labute approximate surface area is 117 Å². The Kier molecular flexibility index (Phi) is 4.77. The lowest BCUT2D eigenvalue weighted by atomic mass is 10.3. The molecular weight excluding hydrogens is 267 g/mol. The summed E-state index contributed by atoms with van der Waals surface area (Å²) in [5.41, 5.74) is 1.60. The Bertz CT molecular complexity index is 554. The lowest BCUT2D eigenvalue weighted by molar-refractivity contribution is 0.0729. The minimum absolute atomic E-state index is 0.198. The molecule has 0 saturated carbocycles. The monoisotopic (exact) mass is 284 g/mol. The van der Waals surface area contributed by atoms with E-state index in [4.69, 9.17) is 16.3 Å². The van der Waals surface area contributed by atoms with Crippen LogP contribution in [0.2, 0.25) is 0 Å². The quantitative estimate of drug-likeness (QED) is 0.761. The lowest BCUT2D eigenvalue weighted by Gasteiger charge is -2.11. The standard InChI is InChI=1S/C14H18ClFN2O/c1-10(2)19-8-7-18-13-4-3-11(16)9-12(13)17-14(18)5-6-15/h3-4,9-10H,5-8H2,1-2H3. The smallest absolute Gasteiger partial charge is 0.125 e. The van der Waals surface area contributed by atoms with Gasteiger partial charge in [0.05, 0.1) is 23.7 Å². The first-order valence-electron chi connectivity index (χ1n) is 6.44. The third-order valence-corrected chi connectivity index (χ3v) is 3.06. The molecule has 0 aliphatic carbocycles. The van der Waals surface area contributed by atoms with Crippen molar-refractivity contribution in [3.05, 3.63) is 29.8 Å². The maximum atomic E-state index is 13.2. The summed E-state index contributed by atoms with van der Waals surface area (Å²) in [5.74, 6) is 1.10. The fourth-order valence-corrected chi connectivity index (χ4v) is 2.23. The molecule has 5 heteroatoms. The molecular formula is C14H18ClFN2O. The minimum atomic E-state index is -0.270. The highest BCUT2D eigenvalue weighted by Crippen LogP contribution is 2.18. The zero-order valence-electron chi connectivity index (χ0n) is 11.2. The number of aromatic nitrogens is 2. The van der Waals surface area contributed by atoms with Gasteiger partial charge in [0.25, 0.3) is 0 Å². The van der Waals surface area contributed by atoms with Gasteiger partial charge in [0, 0.05) is 24.9 Å². The summed E-state index contributed by atoms with van der Waals surface area (Å²) in [6.45, 7) is 5.31. The van der Waals surface area contributed by atoms with E-state index in [0.717, 1.165) is 11.3 Å². The first kappa shape index (κ1) is 14.3. The predicted molar refractivity (Wildman–Crippen MR) is 75.2 cm³/mol. The fraction of sp³-hybridized carbons (Fsp3) is 0.500. The summed E-state index contributed by atoms with van der Waals surface area (Å²) in [5, 5.41) is 0. The second kappa shape index (κ2) is 6.35. The maximum Gasteiger partial charge on any atom is 0.125 e. The molecule has 1 aromatic heterocycles. The van der Waals surface area contributed by atoms with Crippen molar-refractivity contribution >= 4 is 22.6 Å². The van der Waals surface area contributed by atoms with Crippen molar-refractivity contribution in [1.29, 1.82) is 0 Å². The van der Waals surface area contributed by atoms with E-state index in [1.165, 1.54) is 12.1 Å². The van der Waals surface area contributed by atoms with E-state index in [1.54, 1.807) is 6.07 Å². The van der Waals surface area contributed by atoms with Crippen molar-refractivity contribution in [3.8, 4) is 0 Å². The van der Waals surface area contributed by atoms with E-state index in [-0.39, 0.29) is 11.9 Å². The number of nitrogens with zero attached hydrogens (tertiary/aromatic N) is 2. The highest BCUT2D eigenvalue weighted by atomic mass is 35.5. The summed E-state index contributed by atoms with van der Waals surface area (Å²) in [6, 6.07) is 4.66. The highest BCUT2D eigenvalue weighted by Gasteiger charge is 2.11. The molecule has 2 rings (SSSR count). The molecule has 0 atom stereocenters. The van der Waals surface area contributed by atoms with Crippen LogP contribution in [0.1, 0.15) is 19.7 Å². The average Bonchev–Trinajstić information content (AvgIpc) is 2.66. The van der Waals surface area contributed by atoms with Crippen LogP contribution in [-0.4, -0.2) is 28.1 Å². The lowest BCUT2D eigenvalue weighted by Crippen LogP contribution is -2.13. The van der Waals surface area contributed by atoms with Crippen molar-refractivity contribution in [2.24, 2.45) is 0 Å². The molecule has 0 unspecified atom stereocenters. The predicted octanol–water partition coefficient (Wildman–Crippen LogP) is 3.38. The summed E-state index contributed by atoms with van der Waals surface area (Å²) < 4.78 is 20.8. The third kappa shape index (κ3) is 3.45. The van der Waals surface area contributed by atoms with Crippen LogP contribution in [0.15, 0.2) is 18.2 Å². The van der Waals surface area contributed by atoms with Gasteiger partial charge in [-0.25, -0.2) is 9.37 Å². The molecule has 19 heavy (non-hydrogen) atoms. The molecule has 0 saturated heterocycles. The number of imidazole rings is 1. The maximum absolute atomic E-state index is 13.2. The fourth-order valence-electron chi connectivity index (χ4n) is 2.06. The zero-order chi connectivity index (χ0) is 13.8. The third-order valence-electron chi connectivity index (χ3n) is 2.87. The minimum Gasteiger partial charge on any atom is -0.377 e. The van der Waals surface area contributed by atoms with Crippen LogP contribution >= 0.6 is 11.6 Å². The Morgan fingerprint density at radius 3 is 2.89 bits per heavy atom. The molecule has 0 spiro atoms. The van der Waals surface area contributed by atoms with Crippen LogP contribution in [0.5, 0.6) is 0 Å². The van der Waals surface area contributed by atoms with Crippen LogP contribution in [0.25, 0.3) is 11.0 Å². The first-order valence-corrected chi connectivity index (χ1v) is 6.97. The van der Waals surface area contributed by atoms with E-state index < -0.39 is 0 Å². The molecule has 0 fully saturated rings. The summed E-state index contributed by atoms with van der Waals surface area (Å²) >= 11 is 5.79. The van der Waals surface area contributed by atoms with Gasteiger partial charge in [-0.15, -0.1) is 11.6 Å². The van der Waals surface area contributed by atoms with Crippen molar-refractivity contribution in [3.63, 3.8) is 0 Å². The number of fused-ring (bicyclic) bond motifs is 1. The Morgan fingerprint density at radius 1 is 1.42 bits per heavy atom. The van der Waals surface area contributed by atoms with Crippen LogP contribution in [0, 0.1) is 5.82 Å². The Morgan fingerprint density at radius 2 is 2.21 bits per heavy atom. The van der Waals surface area contributed by atoms with Gasteiger partial charge < -0.3 is 9.30 Å². The first-order chi connectivity index (χ1) is 9.11. The largest absolute Gasteiger partial charge is 0.377 e. The van der Waals surface area contributed by atoms with Gasteiger partial charge in [0.2, 0.25) is 0 Å². The molecule has 1 aromatic carbocycles. The molecule has 0 amide bonds. The molecule has 0 bridgehead atoms. The van der Waals surface area contributed by atoms with Gasteiger partial charge in [0.1, 0.15) is 11.6 Å². The molecule has 2 aromatic rings. The van der Waals surface area contributed by atoms with Gasteiger partial charge in [-0.1, -0.05) is 0 Å². The second-order valence-electron chi connectivity index (χ2n) is 4.67. The van der Waals surface area contributed by atoms with Gasteiger partial charge in [-0.05, 0) is 26.0 Å². The summed E-state index contributed by atoms with van der Waals surface area (Å²) in [6.07, 6.45) is 0.864. The number of aryl methyl sites for hydroxylation is 1. The number of halogens is 2. The number of ether oxygens (including phenoxy) is 1. The normalized spacial score (nSPS) is 11.6. The van der Waals surface area contributed by atoms with Gasteiger partial charge in [-0.3, -0.25) is 0 Å². The molecule has 0 N–H and O–H groups in total.